The number of rotatable bonds is 6. The Labute approximate surface area is 282 Å². The average Bonchev–Trinajstić information content (AvgIpc) is 3.22. The number of nitrogens with one attached hydrogen (secondary N) is 1. The predicted molar refractivity (Wildman–Crippen MR) is 181 cm³/mol. The number of halogens is 2. The van der Waals surface area contributed by atoms with E-state index in [4.69, 9.17) is 4.74 Å². The number of para-hydroxylation sites is 1. The molecule has 45 heavy (non-hydrogen) atoms. The number of nitrogens with zero attached hydrogens (tertiary/aromatic N) is 4. The van der Waals surface area contributed by atoms with Crippen LogP contribution in [0.25, 0.3) is 0 Å². The van der Waals surface area contributed by atoms with Crippen molar-refractivity contribution in [3.63, 3.8) is 0 Å². The molecule has 3 fully saturated rings. The normalized spacial score (nSPS) is 21.1. The Balaban J connectivity index is 1.07. The summed E-state index contributed by atoms with van der Waals surface area (Å²) in [5.74, 6) is -0.118. The number of carbonyl (C=O) groups is 3. The number of hydrogen-bond acceptors (Lipinski definition) is 5. The largest absolute Gasteiger partial charge is 0.436 e. The van der Waals surface area contributed by atoms with Gasteiger partial charge in [0.05, 0.1) is 0 Å². The summed E-state index contributed by atoms with van der Waals surface area (Å²) in [6, 6.07) is 14.3. The van der Waals surface area contributed by atoms with Crippen molar-refractivity contribution in [3.05, 3.63) is 62.5 Å². The van der Waals surface area contributed by atoms with Crippen molar-refractivity contribution in [1.29, 1.82) is 0 Å². The Bertz CT molecular complexity index is 1350. The highest BCUT2D eigenvalue weighted by Crippen LogP contribution is 2.27. The van der Waals surface area contributed by atoms with Crippen LogP contribution in [0.2, 0.25) is 0 Å². The Morgan fingerprint density at radius 1 is 0.822 bits per heavy atom. The minimum atomic E-state index is -0.905. The predicted octanol–water partition coefficient (Wildman–Crippen LogP) is 6.29. The quantitative estimate of drug-likeness (QED) is 0.376. The third-order valence-corrected chi connectivity index (χ3v) is 10.8. The van der Waals surface area contributed by atoms with Crippen molar-refractivity contribution >= 4 is 55.6 Å². The summed E-state index contributed by atoms with van der Waals surface area (Å²) in [5, 5.41) is 3.06. The molecule has 0 aliphatic carbocycles. The molecule has 0 aromatic heterocycles. The van der Waals surface area contributed by atoms with E-state index in [1.54, 1.807) is 4.90 Å². The molecule has 0 bridgehead atoms. The maximum absolute atomic E-state index is 13.9. The van der Waals surface area contributed by atoms with Crippen LogP contribution in [0.5, 0.6) is 0 Å². The highest BCUT2D eigenvalue weighted by molar-refractivity contribution is 9.11. The third kappa shape index (κ3) is 8.03. The van der Waals surface area contributed by atoms with Crippen LogP contribution < -0.4 is 5.32 Å². The van der Waals surface area contributed by atoms with Gasteiger partial charge in [-0.05, 0) is 93.4 Å². The second kappa shape index (κ2) is 14.9. The number of fused-ring (bicyclic) bond motifs is 1. The summed E-state index contributed by atoms with van der Waals surface area (Å²) in [5.41, 5.74) is 2.92. The number of urea groups is 1. The van der Waals surface area contributed by atoms with Crippen LogP contribution in [0.1, 0.15) is 56.1 Å². The Morgan fingerprint density at radius 2 is 1.47 bits per heavy atom. The van der Waals surface area contributed by atoms with Crippen LogP contribution in [0.4, 0.5) is 15.3 Å². The number of benzene rings is 2. The molecule has 2 aromatic rings. The molecule has 3 saturated heterocycles. The number of carbonyl (C=O) groups excluding carboxylic acids is 3. The SMILES string of the molecule is O=C(O[C@H](Cc1cc(Br)cc(Br)c1)C(=O)N1CCC(N2CCCCC2)CC1)N1CCC(N2CCc3ccccc3NC2=O)CC1. The highest BCUT2D eigenvalue weighted by Gasteiger charge is 2.36. The number of piperidine rings is 3. The van der Waals surface area contributed by atoms with Crippen LogP contribution >= 0.6 is 31.9 Å². The summed E-state index contributed by atoms with van der Waals surface area (Å²) < 4.78 is 7.85. The first-order valence-electron chi connectivity index (χ1n) is 16.4. The number of likely N-dealkylation sites (tertiary alicyclic amines) is 3. The van der Waals surface area contributed by atoms with E-state index in [0.29, 0.717) is 58.0 Å². The van der Waals surface area contributed by atoms with Gasteiger partial charge in [0, 0.05) is 65.9 Å². The van der Waals surface area contributed by atoms with Crippen molar-refractivity contribution < 1.29 is 19.1 Å². The lowest BCUT2D eigenvalue weighted by atomic mass is 9.99. The maximum Gasteiger partial charge on any atom is 0.410 e. The molecule has 9 nitrogen and oxygen atoms in total. The number of anilines is 1. The van der Waals surface area contributed by atoms with Gasteiger partial charge in [0.25, 0.3) is 5.91 Å². The molecule has 1 N–H and O–H groups in total. The van der Waals surface area contributed by atoms with Gasteiger partial charge < -0.3 is 29.7 Å². The fourth-order valence-electron chi connectivity index (χ4n) is 7.36. The van der Waals surface area contributed by atoms with Gasteiger partial charge in [0.1, 0.15) is 0 Å². The van der Waals surface area contributed by atoms with Gasteiger partial charge in [0.2, 0.25) is 0 Å². The summed E-state index contributed by atoms with van der Waals surface area (Å²) >= 11 is 7.10. The first-order chi connectivity index (χ1) is 21.8. The molecule has 242 valence electrons. The van der Waals surface area contributed by atoms with E-state index in [2.05, 4.69) is 48.1 Å². The van der Waals surface area contributed by atoms with Gasteiger partial charge in [-0.3, -0.25) is 4.79 Å². The zero-order valence-electron chi connectivity index (χ0n) is 25.8. The molecule has 0 saturated carbocycles. The van der Waals surface area contributed by atoms with Gasteiger partial charge in [0.15, 0.2) is 6.10 Å². The van der Waals surface area contributed by atoms with Crippen molar-refractivity contribution in [1.82, 2.24) is 19.6 Å². The average molecular weight is 746 g/mol. The van der Waals surface area contributed by atoms with Crippen molar-refractivity contribution in [2.45, 2.75) is 76.0 Å². The lowest BCUT2D eigenvalue weighted by Crippen LogP contribution is -2.53. The summed E-state index contributed by atoms with van der Waals surface area (Å²) in [4.78, 5) is 48.6. The van der Waals surface area contributed by atoms with E-state index < -0.39 is 12.2 Å². The first kappa shape index (κ1) is 32.3. The zero-order chi connectivity index (χ0) is 31.3. The van der Waals surface area contributed by atoms with E-state index in [1.165, 1.54) is 19.3 Å². The summed E-state index contributed by atoms with van der Waals surface area (Å²) in [7, 11) is 0. The first-order valence-corrected chi connectivity index (χ1v) is 18.0. The molecule has 4 aliphatic rings. The summed E-state index contributed by atoms with van der Waals surface area (Å²) in [6.07, 6.45) is 6.81. The minimum Gasteiger partial charge on any atom is -0.436 e. The number of amides is 4. The van der Waals surface area contributed by atoms with Gasteiger partial charge in [-0.2, -0.15) is 0 Å². The van der Waals surface area contributed by atoms with Crippen molar-refractivity contribution in [2.75, 3.05) is 51.1 Å². The third-order valence-electron chi connectivity index (χ3n) is 9.85. The second-order valence-corrected chi connectivity index (χ2v) is 14.6. The molecule has 1 atom stereocenters. The second-order valence-electron chi connectivity index (χ2n) is 12.8. The molecular weight excluding hydrogens is 702 g/mol. The fourth-order valence-corrected chi connectivity index (χ4v) is 8.74. The standard InChI is InChI=1S/C34H43Br2N5O4/c35-26-20-24(21-27(36)23-26)22-31(32(42)39-15-9-28(10-16-39)38-13-4-1-5-14-38)45-34(44)40-17-11-29(12-18-40)41-19-8-25-6-2-3-7-30(25)37-33(41)43/h2-3,6-7,20-21,23,28-29,31H,1,4-5,8-19,22H2,(H,37,43)/t31-/m1/s1. The van der Waals surface area contributed by atoms with Crippen LogP contribution in [0.15, 0.2) is 51.4 Å². The monoisotopic (exact) mass is 743 g/mol. The number of hydrogen-bond donors (Lipinski definition) is 1. The molecule has 2 aromatic carbocycles. The lowest BCUT2D eigenvalue weighted by molar-refractivity contribution is -0.142. The van der Waals surface area contributed by atoms with Crippen LogP contribution in [-0.4, -0.2) is 102 Å². The van der Waals surface area contributed by atoms with E-state index in [0.717, 1.165) is 58.1 Å². The minimum absolute atomic E-state index is 0.0426. The fraction of sp³-hybridized carbons (Fsp3) is 0.559. The van der Waals surface area contributed by atoms with Gasteiger partial charge >= 0.3 is 12.1 Å². The van der Waals surface area contributed by atoms with Crippen molar-refractivity contribution in [3.8, 4) is 0 Å². The molecule has 4 heterocycles. The maximum atomic E-state index is 13.9. The Hall–Kier alpha value is -2.63. The molecule has 0 unspecified atom stereocenters. The van der Waals surface area contributed by atoms with Gasteiger partial charge in [-0.25, -0.2) is 9.59 Å². The molecule has 11 heteroatoms. The molecule has 0 spiro atoms. The van der Waals surface area contributed by atoms with E-state index in [-0.39, 0.29) is 18.0 Å². The molecule has 4 aliphatic heterocycles. The summed E-state index contributed by atoms with van der Waals surface area (Å²) in [6.45, 7) is 5.28. The van der Waals surface area contributed by atoms with Crippen LogP contribution in [-0.2, 0) is 22.4 Å². The smallest absolute Gasteiger partial charge is 0.410 e. The molecular formula is C34H43Br2N5O4. The van der Waals surface area contributed by atoms with Crippen LogP contribution in [0.3, 0.4) is 0 Å². The molecule has 4 amide bonds. The van der Waals surface area contributed by atoms with E-state index in [1.807, 2.05) is 46.2 Å². The molecule has 0 radical (unpaired) electrons. The van der Waals surface area contributed by atoms with Gasteiger partial charge in [-0.1, -0.05) is 56.5 Å². The van der Waals surface area contributed by atoms with Crippen molar-refractivity contribution in [2.24, 2.45) is 0 Å². The topological polar surface area (TPSA) is 85.4 Å². The number of ether oxygens (including phenoxy) is 1. The Morgan fingerprint density at radius 3 is 2.18 bits per heavy atom. The van der Waals surface area contributed by atoms with Crippen LogP contribution in [0, 0.1) is 0 Å². The Kier molecular flexibility index (Phi) is 10.7. The van der Waals surface area contributed by atoms with E-state index in [9.17, 15) is 14.4 Å². The highest BCUT2D eigenvalue weighted by atomic mass is 79.9. The van der Waals surface area contributed by atoms with Gasteiger partial charge in [-0.15, -0.1) is 0 Å². The molecule has 6 rings (SSSR count). The van der Waals surface area contributed by atoms with E-state index >= 15 is 0 Å². The lowest BCUT2D eigenvalue weighted by Gasteiger charge is -2.41. The zero-order valence-corrected chi connectivity index (χ0v) is 28.9.